The van der Waals surface area contributed by atoms with Gasteiger partial charge in [0.25, 0.3) is 0 Å². The van der Waals surface area contributed by atoms with E-state index in [2.05, 4.69) is 6.58 Å². The van der Waals surface area contributed by atoms with Crippen molar-refractivity contribution in [3.8, 4) is 0 Å². The van der Waals surface area contributed by atoms with Gasteiger partial charge in [0.1, 0.15) is 5.78 Å². The Morgan fingerprint density at radius 3 is 2.69 bits per heavy atom. The van der Waals surface area contributed by atoms with Crippen LogP contribution in [0, 0.1) is 0 Å². The normalized spacial score (nSPS) is 20.9. The van der Waals surface area contributed by atoms with Gasteiger partial charge in [-0.3, -0.25) is 4.79 Å². The molecule has 0 aromatic heterocycles. The summed E-state index contributed by atoms with van der Waals surface area (Å²) in [6, 6.07) is 7.99. The van der Waals surface area contributed by atoms with E-state index in [1.165, 1.54) is 0 Å². The van der Waals surface area contributed by atoms with Crippen LogP contribution in [-0.4, -0.2) is 5.78 Å². The molecule has 1 aromatic carbocycles. The van der Waals surface area contributed by atoms with Crippen molar-refractivity contribution in [2.24, 2.45) is 0 Å². The molecule has 1 nitrogen and oxygen atoms in total. The van der Waals surface area contributed by atoms with Crippen LogP contribution < -0.4 is 0 Å². The Balaban J connectivity index is 2.38. The highest BCUT2D eigenvalue weighted by Crippen LogP contribution is 2.34. The van der Waals surface area contributed by atoms with Crippen molar-refractivity contribution in [2.75, 3.05) is 0 Å². The minimum absolute atomic E-state index is 0.147. The van der Waals surface area contributed by atoms with Gasteiger partial charge in [-0.15, -0.1) is 0 Å². The molecule has 0 radical (unpaired) electrons. The van der Waals surface area contributed by atoms with Gasteiger partial charge in [-0.25, -0.2) is 0 Å². The third-order valence-electron chi connectivity index (χ3n) is 2.66. The highest BCUT2D eigenvalue weighted by Gasteiger charge is 2.30. The van der Waals surface area contributed by atoms with Crippen LogP contribution in [0.25, 0.3) is 6.08 Å². The van der Waals surface area contributed by atoms with Gasteiger partial charge in [-0.2, -0.15) is 0 Å². The van der Waals surface area contributed by atoms with Crippen LogP contribution in [0.15, 0.2) is 30.8 Å². The van der Waals surface area contributed by atoms with E-state index in [4.69, 9.17) is 0 Å². The molecule has 1 saturated carbocycles. The average Bonchev–Trinajstić information content (AvgIpc) is 2.16. The topological polar surface area (TPSA) is 17.1 Å². The van der Waals surface area contributed by atoms with Gasteiger partial charge >= 0.3 is 0 Å². The van der Waals surface area contributed by atoms with E-state index in [1.54, 1.807) is 0 Å². The summed E-state index contributed by atoms with van der Waals surface area (Å²) in [6.07, 6.45) is 3.57. The molecule has 0 heterocycles. The SMILES string of the molecule is C=Cc1ccccc1C1CCC1=O. The summed E-state index contributed by atoms with van der Waals surface area (Å²) in [5.41, 5.74) is 2.24. The number of carbonyl (C=O) groups is 1. The second-order valence-electron chi connectivity index (χ2n) is 3.39. The Hall–Kier alpha value is -1.37. The predicted molar refractivity (Wildman–Crippen MR) is 53.5 cm³/mol. The van der Waals surface area contributed by atoms with Gasteiger partial charge in [0.05, 0.1) is 0 Å². The monoisotopic (exact) mass is 172 g/mol. The Bertz CT molecular complexity index is 352. The average molecular weight is 172 g/mol. The van der Waals surface area contributed by atoms with Crippen LogP contribution in [0.1, 0.15) is 29.9 Å². The second-order valence-corrected chi connectivity index (χ2v) is 3.39. The van der Waals surface area contributed by atoms with Crippen molar-refractivity contribution >= 4 is 11.9 Å². The van der Waals surface area contributed by atoms with E-state index in [0.717, 1.165) is 24.0 Å². The van der Waals surface area contributed by atoms with Crippen LogP contribution >= 0.6 is 0 Å². The number of Topliss-reactive ketones (excluding diaryl/α,β-unsaturated/α-hetero) is 1. The van der Waals surface area contributed by atoms with E-state index in [9.17, 15) is 4.79 Å². The largest absolute Gasteiger partial charge is 0.299 e. The molecule has 0 amide bonds. The number of carbonyl (C=O) groups excluding carboxylic acids is 1. The molecule has 0 N–H and O–H groups in total. The lowest BCUT2D eigenvalue weighted by Gasteiger charge is -2.25. The van der Waals surface area contributed by atoms with E-state index in [0.29, 0.717) is 5.78 Å². The standard InChI is InChI=1S/C12H12O/c1-2-9-5-3-4-6-10(9)11-7-8-12(11)13/h2-6,11H,1,7-8H2. The summed E-state index contributed by atoms with van der Waals surface area (Å²) in [6.45, 7) is 3.75. The maximum atomic E-state index is 11.3. The van der Waals surface area contributed by atoms with Gasteiger partial charge in [0.2, 0.25) is 0 Å². The number of benzene rings is 1. The van der Waals surface area contributed by atoms with E-state index >= 15 is 0 Å². The molecular weight excluding hydrogens is 160 g/mol. The Morgan fingerprint density at radius 1 is 1.38 bits per heavy atom. The zero-order chi connectivity index (χ0) is 9.26. The predicted octanol–water partition coefficient (Wildman–Crippen LogP) is 2.78. The third-order valence-corrected chi connectivity index (χ3v) is 2.66. The fourth-order valence-electron chi connectivity index (χ4n) is 1.75. The van der Waals surface area contributed by atoms with Crippen molar-refractivity contribution in [3.63, 3.8) is 0 Å². The second kappa shape index (κ2) is 3.17. The maximum absolute atomic E-state index is 11.3. The summed E-state index contributed by atoms with van der Waals surface area (Å²) in [5.74, 6) is 0.517. The van der Waals surface area contributed by atoms with Gasteiger partial charge in [0.15, 0.2) is 0 Å². The van der Waals surface area contributed by atoms with Gasteiger partial charge in [-0.1, -0.05) is 36.9 Å². The zero-order valence-corrected chi connectivity index (χ0v) is 7.49. The highest BCUT2D eigenvalue weighted by atomic mass is 16.1. The van der Waals surface area contributed by atoms with Crippen LogP contribution in [0.2, 0.25) is 0 Å². The van der Waals surface area contributed by atoms with Crippen molar-refractivity contribution in [1.29, 1.82) is 0 Å². The molecule has 13 heavy (non-hydrogen) atoms. The summed E-state index contributed by atoms with van der Waals surface area (Å²) in [5, 5.41) is 0. The van der Waals surface area contributed by atoms with Crippen molar-refractivity contribution < 1.29 is 4.79 Å². The Kier molecular flexibility index (Phi) is 2.01. The summed E-state index contributed by atoms with van der Waals surface area (Å²) >= 11 is 0. The number of rotatable bonds is 2. The fraction of sp³-hybridized carbons (Fsp3) is 0.250. The summed E-state index contributed by atoms with van der Waals surface area (Å²) < 4.78 is 0. The molecule has 1 heteroatoms. The van der Waals surface area contributed by atoms with Gasteiger partial charge in [0, 0.05) is 12.3 Å². The first-order chi connectivity index (χ1) is 6.33. The van der Waals surface area contributed by atoms with Crippen LogP contribution in [0.4, 0.5) is 0 Å². The quantitative estimate of drug-likeness (QED) is 0.670. The lowest BCUT2D eigenvalue weighted by atomic mass is 9.77. The van der Waals surface area contributed by atoms with E-state index < -0.39 is 0 Å². The lowest BCUT2D eigenvalue weighted by Crippen LogP contribution is -2.23. The molecule has 0 saturated heterocycles. The molecule has 1 aliphatic rings. The molecule has 0 aliphatic heterocycles. The van der Waals surface area contributed by atoms with Crippen molar-refractivity contribution in [1.82, 2.24) is 0 Å². The fourth-order valence-corrected chi connectivity index (χ4v) is 1.75. The number of ketones is 1. The molecule has 1 atom stereocenters. The molecular formula is C12H12O. The summed E-state index contributed by atoms with van der Waals surface area (Å²) in [4.78, 5) is 11.3. The lowest BCUT2D eigenvalue weighted by molar-refractivity contribution is -0.125. The van der Waals surface area contributed by atoms with Crippen LogP contribution in [-0.2, 0) is 4.79 Å². The Labute approximate surface area is 78.1 Å². The number of hydrogen-bond acceptors (Lipinski definition) is 1. The van der Waals surface area contributed by atoms with E-state index in [-0.39, 0.29) is 5.92 Å². The number of hydrogen-bond donors (Lipinski definition) is 0. The third kappa shape index (κ3) is 1.31. The molecule has 66 valence electrons. The molecule has 2 rings (SSSR count). The molecule has 1 fully saturated rings. The van der Waals surface area contributed by atoms with Crippen molar-refractivity contribution in [3.05, 3.63) is 42.0 Å². The minimum atomic E-state index is 0.147. The smallest absolute Gasteiger partial charge is 0.140 e. The summed E-state index contributed by atoms with van der Waals surface area (Å²) in [7, 11) is 0. The molecule has 0 spiro atoms. The first-order valence-corrected chi connectivity index (χ1v) is 4.57. The van der Waals surface area contributed by atoms with Crippen LogP contribution in [0.5, 0.6) is 0 Å². The maximum Gasteiger partial charge on any atom is 0.140 e. The van der Waals surface area contributed by atoms with Gasteiger partial charge < -0.3 is 0 Å². The molecule has 1 aromatic rings. The minimum Gasteiger partial charge on any atom is -0.299 e. The van der Waals surface area contributed by atoms with Crippen molar-refractivity contribution in [2.45, 2.75) is 18.8 Å². The Morgan fingerprint density at radius 2 is 2.15 bits per heavy atom. The molecule has 0 bridgehead atoms. The molecule has 1 aliphatic carbocycles. The van der Waals surface area contributed by atoms with Crippen LogP contribution in [0.3, 0.4) is 0 Å². The zero-order valence-electron chi connectivity index (χ0n) is 7.49. The van der Waals surface area contributed by atoms with E-state index in [1.807, 2.05) is 30.3 Å². The highest BCUT2D eigenvalue weighted by molar-refractivity contribution is 5.92. The van der Waals surface area contributed by atoms with Gasteiger partial charge in [-0.05, 0) is 17.5 Å². The first kappa shape index (κ1) is 8.24. The first-order valence-electron chi connectivity index (χ1n) is 4.57. The molecule has 1 unspecified atom stereocenters.